The van der Waals surface area contributed by atoms with Gasteiger partial charge in [-0.15, -0.1) is 0 Å². The Morgan fingerprint density at radius 3 is 2.45 bits per heavy atom. The second-order valence-corrected chi connectivity index (χ2v) is 5.25. The third-order valence-corrected chi connectivity index (χ3v) is 3.81. The monoisotopic (exact) mass is 266 g/mol. The molecule has 1 aliphatic carbocycles. The molecule has 0 atom stereocenters. The van der Waals surface area contributed by atoms with E-state index in [-0.39, 0.29) is 11.9 Å². The van der Waals surface area contributed by atoms with Crippen molar-refractivity contribution in [1.29, 1.82) is 0 Å². The summed E-state index contributed by atoms with van der Waals surface area (Å²) in [6.45, 7) is 0.454. The molecule has 3 nitrogen and oxygen atoms in total. The van der Waals surface area contributed by atoms with E-state index in [0.29, 0.717) is 12.1 Å². The predicted molar refractivity (Wildman–Crippen MR) is 79.4 cm³/mol. The van der Waals surface area contributed by atoms with Crippen LogP contribution in [0.15, 0.2) is 48.5 Å². The van der Waals surface area contributed by atoms with Crippen LogP contribution < -0.4 is 11.1 Å². The zero-order valence-electron chi connectivity index (χ0n) is 11.3. The number of benzene rings is 2. The Morgan fingerprint density at radius 2 is 1.80 bits per heavy atom. The second-order valence-electron chi connectivity index (χ2n) is 5.25. The molecule has 0 spiro atoms. The summed E-state index contributed by atoms with van der Waals surface area (Å²) < 4.78 is 0. The summed E-state index contributed by atoms with van der Waals surface area (Å²) in [6, 6.07) is 16.1. The molecule has 3 N–H and O–H groups in total. The van der Waals surface area contributed by atoms with Crippen molar-refractivity contribution in [3.63, 3.8) is 0 Å². The fourth-order valence-corrected chi connectivity index (χ4v) is 2.77. The molecule has 0 aliphatic heterocycles. The number of hydrogen-bond donors (Lipinski definition) is 2. The zero-order chi connectivity index (χ0) is 13.9. The maximum atomic E-state index is 12.3. The van der Waals surface area contributed by atoms with E-state index in [4.69, 9.17) is 5.73 Å². The Balaban J connectivity index is 1.69. The van der Waals surface area contributed by atoms with Gasteiger partial charge in [0, 0.05) is 18.2 Å². The number of nitrogens with one attached hydrogen (secondary N) is 1. The van der Waals surface area contributed by atoms with Gasteiger partial charge in [0.25, 0.3) is 5.91 Å². The fourth-order valence-electron chi connectivity index (χ4n) is 2.77. The van der Waals surface area contributed by atoms with Crippen molar-refractivity contribution in [1.82, 2.24) is 5.32 Å². The third-order valence-electron chi connectivity index (χ3n) is 3.81. The smallest absolute Gasteiger partial charge is 0.251 e. The molecule has 0 bridgehead atoms. The first-order valence-electron chi connectivity index (χ1n) is 6.93. The molecule has 0 fully saturated rings. The highest BCUT2D eigenvalue weighted by molar-refractivity contribution is 5.94. The predicted octanol–water partition coefficient (Wildman–Crippen LogP) is 2.04. The van der Waals surface area contributed by atoms with Gasteiger partial charge < -0.3 is 11.1 Å². The molecular weight excluding hydrogens is 248 g/mol. The number of fused-ring (bicyclic) bond motifs is 1. The maximum Gasteiger partial charge on any atom is 0.251 e. The van der Waals surface area contributed by atoms with E-state index in [9.17, 15) is 4.79 Å². The lowest BCUT2D eigenvalue weighted by Gasteiger charge is -2.12. The highest BCUT2D eigenvalue weighted by Gasteiger charge is 2.22. The third kappa shape index (κ3) is 2.58. The van der Waals surface area contributed by atoms with Crippen molar-refractivity contribution < 1.29 is 4.79 Å². The summed E-state index contributed by atoms with van der Waals surface area (Å²) in [4.78, 5) is 12.3. The Bertz CT molecular complexity index is 611. The Morgan fingerprint density at radius 1 is 1.10 bits per heavy atom. The van der Waals surface area contributed by atoms with Gasteiger partial charge in [0.1, 0.15) is 0 Å². The molecule has 0 saturated carbocycles. The molecule has 2 aromatic carbocycles. The number of rotatable bonds is 3. The van der Waals surface area contributed by atoms with E-state index in [1.165, 1.54) is 11.1 Å². The lowest BCUT2D eigenvalue weighted by molar-refractivity contribution is 0.0938. The lowest BCUT2D eigenvalue weighted by Crippen LogP contribution is -2.35. The molecule has 0 saturated heterocycles. The van der Waals surface area contributed by atoms with Crippen molar-refractivity contribution in [3.8, 4) is 0 Å². The summed E-state index contributed by atoms with van der Waals surface area (Å²) in [7, 11) is 0. The average molecular weight is 266 g/mol. The Kier molecular flexibility index (Phi) is 3.52. The van der Waals surface area contributed by atoms with E-state index < -0.39 is 0 Å². The minimum Gasteiger partial charge on any atom is -0.349 e. The molecule has 0 heterocycles. The van der Waals surface area contributed by atoms with E-state index in [1.807, 2.05) is 36.4 Å². The van der Waals surface area contributed by atoms with E-state index in [2.05, 4.69) is 17.4 Å². The van der Waals surface area contributed by atoms with Crippen LogP contribution in [-0.4, -0.2) is 11.9 Å². The van der Waals surface area contributed by atoms with Crippen molar-refractivity contribution in [2.75, 3.05) is 0 Å². The molecule has 1 aliphatic rings. The lowest BCUT2D eigenvalue weighted by atomic mass is 10.1. The molecule has 0 radical (unpaired) electrons. The molecule has 2 aromatic rings. The molecule has 0 aromatic heterocycles. The fraction of sp³-hybridized carbons (Fsp3) is 0.235. The average Bonchev–Trinajstić information content (AvgIpc) is 2.89. The van der Waals surface area contributed by atoms with E-state index in [1.54, 1.807) is 0 Å². The van der Waals surface area contributed by atoms with Gasteiger partial charge in [-0.2, -0.15) is 0 Å². The normalized spacial score (nSPS) is 14.1. The van der Waals surface area contributed by atoms with Crippen LogP contribution in [0.2, 0.25) is 0 Å². The van der Waals surface area contributed by atoms with Gasteiger partial charge in [-0.3, -0.25) is 4.79 Å². The van der Waals surface area contributed by atoms with Crippen LogP contribution in [0.5, 0.6) is 0 Å². The van der Waals surface area contributed by atoms with Crippen LogP contribution in [0.25, 0.3) is 0 Å². The first kappa shape index (κ1) is 12.9. The van der Waals surface area contributed by atoms with Gasteiger partial charge in [0.15, 0.2) is 0 Å². The van der Waals surface area contributed by atoms with Gasteiger partial charge in [-0.25, -0.2) is 0 Å². The molecule has 0 unspecified atom stereocenters. The van der Waals surface area contributed by atoms with Crippen molar-refractivity contribution in [2.45, 2.75) is 25.4 Å². The van der Waals surface area contributed by atoms with Crippen molar-refractivity contribution >= 4 is 5.91 Å². The summed E-state index contributed by atoms with van der Waals surface area (Å²) in [6.07, 6.45) is 1.83. The molecule has 1 amide bonds. The van der Waals surface area contributed by atoms with Crippen LogP contribution in [-0.2, 0) is 19.4 Å². The zero-order valence-corrected chi connectivity index (χ0v) is 11.3. The number of hydrogen-bond acceptors (Lipinski definition) is 2. The number of nitrogens with two attached hydrogens (primary N) is 1. The number of carbonyl (C=O) groups is 1. The highest BCUT2D eigenvalue weighted by atomic mass is 16.1. The quantitative estimate of drug-likeness (QED) is 0.893. The summed E-state index contributed by atoms with van der Waals surface area (Å²) >= 11 is 0. The first-order valence-corrected chi connectivity index (χ1v) is 6.93. The second kappa shape index (κ2) is 5.47. The maximum absolute atomic E-state index is 12.3. The van der Waals surface area contributed by atoms with Crippen LogP contribution in [0.1, 0.15) is 27.0 Å². The number of amides is 1. The van der Waals surface area contributed by atoms with Gasteiger partial charge in [-0.05, 0) is 41.7 Å². The van der Waals surface area contributed by atoms with Crippen molar-refractivity contribution in [3.05, 3.63) is 70.8 Å². The van der Waals surface area contributed by atoms with E-state index in [0.717, 1.165) is 18.4 Å². The van der Waals surface area contributed by atoms with Crippen LogP contribution in [0.4, 0.5) is 0 Å². The van der Waals surface area contributed by atoms with Gasteiger partial charge >= 0.3 is 0 Å². The van der Waals surface area contributed by atoms with Crippen LogP contribution >= 0.6 is 0 Å². The van der Waals surface area contributed by atoms with Gasteiger partial charge in [-0.1, -0.05) is 36.4 Å². The minimum atomic E-state index is -0.0156. The van der Waals surface area contributed by atoms with Crippen molar-refractivity contribution in [2.24, 2.45) is 5.73 Å². The van der Waals surface area contributed by atoms with Crippen LogP contribution in [0, 0.1) is 0 Å². The summed E-state index contributed by atoms with van der Waals surface area (Å²) in [5.41, 5.74) is 9.95. The van der Waals surface area contributed by atoms with Crippen LogP contribution in [0.3, 0.4) is 0 Å². The van der Waals surface area contributed by atoms with Gasteiger partial charge in [0.2, 0.25) is 0 Å². The minimum absolute atomic E-state index is 0.0156. The Hall–Kier alpha value is -2.13. The van der Waals surface area contributed by atoms with Gasteiger partial charge in [0.05, 0.1) is 0 Å². The molecule has 3 heteroatoms. The SMILES string of the molecule is NCc1cccc(C(=O)NC2Cc3ccccc3C2)c1. The largest absolute Gasteiger partial charge is 0.349 e. The highest BCUT2D eigenvalue weighted by Crippen LogP contribution is 2.21. The standard InChI is InChI=1S/C17H18N2O/c18-11-12-4-3-7-15(8-12)17(20)19-16-9-13-5-1-2-6-14(13)10-16/h1-8,16H,9-11,18H2,(H,19,20). The molecule has 102 valence electrons. The topological polar surface area (TPSA) is 55.1 Å². The number of carbonyl (C=O) groups excluding carboxylic acids is 1. The molecule has 20 heavy (non-hydrogen) atoms. The first-order chi connectivity index (χ1) is 9.76. The Labute approximate surface area is 118 Å². The molecule has 3 rings (SSSR count). The summed E-state index contributed by atoms with van der Waals surface area (Å²) in [5, 5.41) is 3.11. The molecular formula is C17H18N2O. The summed E-state index contributed by atoms with van der Waals surface area (Å²) in [5.74, 6) is -0.0156. The van der Waals surface area contributed by atoms with E-state index >= 15 is 0 Å².